The van der Waals surface area contributed by atoms with Crippen molar-refractivity contribution < 1.29 is 24.2 Å². The predicted octanol–water partition coefficient (Wildman–Crippen LogP) is 0.450. The molecule has 128 valence electrons. The van der Waals surface area contributed by atoms with Crippen LogP contribution in [0, 0.1) is 17.2 Å². The first kappa shape index (κ1) is 17.8. The van der Waals surface area contributed by atoms with E-state index in [0.29, 0.717) is 0 Å². The van der Waals surface area contributed by atoms with Gasteiger partial charge in [-0.05, 0) is 12.5 Å². The van der Waals surface area contributed by atoms with Gasteiger partial charge in [-0.2, -0.15) is 0 Å². The lowest BCUT2D eigenvalue weighted by Gasteiger charge is -2.41. The van der Waals surface area contributed by atoms with Crippen molar-refractivity contribution in [2.24, 2.45) is 11.8 Å². The Labute approximate surface area is 139 Å². The third-order valence-corrected chi connectivity index (χ3v) is 4.13. The minimum absolute atomic E-state index is 0.0276. The van der Waals surface area contributed by atoms with Crippen LogP contribution in [0.5, 0.6) is 0 Å². The molecule has 4 atom stereocenters. The number of hydrogen-bond donors (Lipinski definition) is 3. The molecular formula is C17H20N2O5. The molecule has 0 saturated carbocycles. The van der Waals surface area contributed by atoms with Crippen LogP contribution in [0.4, 0.5) is 0 Å². The van der Waals surface area contributed by atoms with E-state index in [-0.39, 0.29) is 12.5 Å². The first-order valence-electron chi connectivity index (χ1n) is 7.65. The molecule has 0 spiro atoms. The SMILES string of the molecule is C[C@@H](O)[C@H]1C(=O)N[C@@H]1[C@@H](C)C(=O)C(=N)C(=O)OCc1ccccc1. The van der Waals surface area contributed by atoms with E-state index in [2.05, 4.69) is 5.32 Å². The van der Waals surface area contributed by atoms with Crippen LogP contribution >= 0.6 is 0 Å². The maximum Gasteiger partial charge on any atom is 0.360 e. The largest absolute Gasteiger partial charge is 0.456 e. The van der Waals surface area contributed by atoms with Crippen molar-refractivity contribution in [3.63, 3.8) is 0 Å². The van der Waals surface area contributed by atoms with Crippen LogP contribution in [0.1, 0.15) is 19.4 Å². The van der Waals surface area contributed by atoms with E-state index in [1.807, 2.05) is 6.07 Å². The fourth-order valence-electron chi connectivity index (χ4n) is 2.66. The van der Waals surface area contributed by atoms with Gasteiger partial charge in [-0.3, -0.25) is 15.0 Å². The molecule has 1 fully saturated rings. The van der Waals surface area contributed by atoms with Crippen molar-refractivity contribution in [1.29, 1.82) is 5.41 Å². The number of β-lactam (4-membered cyclic amide) rings is 1. The molecule has 7 heteroatoms. The van der Waals surface area contributed by atoms with Crippen LogP contribution in [0.2, 0.25) is 0 Å². The van der Waals surface area contributed by atoms with Crippen molar-refractivity contribution in [3.8, 4) is 0 Å². The van der Waals surface area contributed by atoms with Crippen molar-refractivity contribution in [1.82, 2.24) is 5.32 Å². The summed E-state index contributed by atoms with van der Waals surface area (Å²) in [7, 11) is 0. The summed E-state index contributed by atoms with van der Waals surface area (Å²) >= 11 is 0. The number of ether oxygens (including phenoxy) is 1. The average molecular weight is 332 g/mol. The van der Waals surface area contributed by atoms with E-state index < -0.39 is 41.4 Å². The van der Waals surface area contributed by atoms with Gasteiger partial charge < -0.3 is 15.2 Å². The number of hydrogen-bond acceptors (Lipinski definition) is 6. The third-order valence-electron chi connectivity index (χ3n) is 4.13. The maximum absolute atomic E-state index is 12.2. The number of benzene rings is 1. The van der Waals surface area contributed by atoms with Gasteiger partial charge in [0, 0.05) is 5.92 Å². The van der Waals surface area contributed by atoms with E-state index in [4.69, 9.17) is 10.1 Å². The molecule has 3 N–H and O–H groups in total. The Morgan fingerprint density at radius 3 is 2.46 bits per heavy atom. The first-order valence-corrected chi connectivity index (χ1v) is 7.65. The number of carbonyl (C=O) groups excluding carboxylic acids is 3. The van der Waals surface area contributed by atoms with Crippen LogP contribution in [-0.2, 0) is 25.7 Å². The highest BCUT2D eigenvalue weighted by Gasteiger charge is 2.48. The Balaban J connectivity index is 1.92. The normalized spacial score (nSPS) is 21.9. The van der Waals surface area contributed by atoms with Crippen molar-refractivity contribution >= 4 is 23.4 Å². The van der Waals surface area contributed by atoms with Crippen LogP contribution in [0.25, 0.3) is 0 Å². The second kappa shape index (κ2) is 7.35. The fourth-order valence-corrected chi connectivity index (χ4v) is 2.66. The highest BCUT2D eigenvalue weighted by atomic mass is 16.5. The molecule has 0 radical (unpaired) electrons. The average Bonchev–Trinajstić information content (AvgIpc) is 2.55. The third kappa shape index (κ3) is 3.68. The summed E-state index contributed by atoms with van der Waals surface area (Å²) in [6, 6.07) is 8.34. The summed E-state index contributed by atoms with van der Waals surface area (Å²) in [6.07, 6.45) is -0.904. The number of amides is 1. The Morgan fingerprint density at radius 1 is 1.29 bits per heavy atom. The molecule has 0 aromatic heterocycles. The lowest BCUT2D eigenvalue weighted by molar-refractivity contribution is -0.144. The molecule has 1 aliphatic heterocycles. The van der Waals surface area contributed by atoms with Crippen LogP contribution in [0.15, 0.2) is 30.3 Å². The highest BCUT2D eigenvalue weighted by Crippen LogP contribution is 2.26. The Kier molecular flexibility index (Phi) is 5.46. The van der Waals surface area contributed by atoms with Crippen LogP contribution in [-0.4, -0.2) is 40.6 Å². The number of esters is 1. The number of Topliss-reactive ketones (excluding diaryl/α,β-unsaturated/α-hetero) is 1. The van der Waals surface area contributed by atoms with Crippen LogP contribution in [0.3, 0.4) is 0 Å². The van der Waals surface area contributed by atoms with Crippen molar-refractivity contribution in [2.45, 2.75) is 32.6 Å². The molecule has 2 rings (SSSR count). The number of ketones is 1. The monoisotopic (exact) mass is 332 g/mol. The molecule has 0 aliphatic carbocycles. The lowest BCUT2D eigenvalue weighted by Crippen LogP contribution is -2.65. The van der Waals surface area contributed by atoms with Crippen molar-refractivity contribution in [3.05, 3.63) is 35.9 Å². The Hall–Kier alpha value is -2.54. The molecule has 1 aliphatic rings. The van der Waals surface area contributed by atoms with Gasteiger partial charge >= 0.3 is 5.97 Å². The number of carbonyl (C=O) groups is 3. The standard InChI is InChI=1S/C17H20N2O5/c1-9(14-12(10(2)20)16(22)19-14)15(21)13(18)17(23)24-8-11-6-4-3-5-7-11/h3-7,9-10,12,14,18,20H,8H2,1-2H3,(H,19,22)/t9-,10-,12-,14-/m1/s1. The smallest absolute Gasteiger partial charge is 0.360 e. The predicted molar refractivity (Wildman–Crippen MR) is 85.2 cm³/mol. The van der Waals surface area contributed by atoms with E-state index in [1.54, 1.807) is 24.3 Å². The zero-order valence-corrected chi connectivity index (χ0v) is 13.5. The first-order chi connectivity index (χ1) is 11.3. The maximum atomic E-state index is 12.2. The number of rotatable bonds is 7. The lowest BCUT2D eigenvalue weighted by atomic mass is 9.76. The zero-order valence-electron chi connectivity index (χ0n) is 13.5. The van der Waals surface area contributed by atoms with Gasteiger partial charge in [-0.15, -0.1) is 0 Å². The Morgan fingerprint density at radius 2 is 1.92 bits per heavy atom. The molecule has 1 saturated heterocycles. The molecule has 24 heavy (non-hydrogen) atoms. The van der Waals surface area contributed by atoms with Gasteiger partial charge in [0.15, 0.2) is 11.5 Å². The molecule has 0 unspecified atom stereocenters. The molecule has 0 bridgehead atoms. The van der Waals surface area contributed by atoms with E-state index in [0.717, 1.165) is 5.56 Å². The minimum atomic E-state index is -1.00. The summed E-state index contributed by atoms with van der Waals surface area (Å²) < 4.78 is 4.97. The highest BCUT2D eigenvalue weighted by molar-refractivity contribution is 6.63. The second-order valence-electron chi connectivity index (χ2n) is 5.89. The van der Waals surface area contributed by atoms with Gasteiger partial charge in [0.25, 0.3) is 0 Å². The molecule has 1 aromatic carbocycles. The fraction of sp³-hybridized carbons (Fsp3) is 0.412. The van der Waals surface area contributed by atoms with Gasteiger partial charge in [0.1, 0.15) is 6.61 Å². The molecule has 1 amide bonds. The molecule has 7 nitrogen and oxygen atoms in total. The topological polar surface area (TPSA) is 117 Å². The number of nitrogens with one attached hydrogen (secondary N) is 2. The van der Waals surface area contributed by atoms with E-state index in [1.165, 1.54) is 13.8 Å². The second-order valence-corrected chi connectivity index (χ2v) is 5.89. The summed E-state index contributed by atoms with van der Waals surface area (Å²) in [5.74, 6) is -3.57. The number of aliphatic hydroxyl groups excluding tert-OH is 1. The van der Waals surface area contributed by atoms with Gasteiger partial charge in [-0.25, -0.2) is 4.79 Å². The summed E-state index contributed by atoms with van der Waals surface area (Å²) in [4.78, 5) is 35.6. The summed E-state index contributed by atoms with van der Waals surface area (Å²) in [5, 5.41) is 19.8. The summed E-state index contributed by atoms with van der Waals surface area (Å²) in [6.45, 7) is 2.95. The van der Waals surface area contributed by atoms with E-state index in [9.17, 15) is 19.5 Å². The minimum Gasteiger partial charge on any atom is -0.456 e. The molecular weight excluding hydrogens is 312 g/mol. The molecule has 1 heterocycles. The van der Waals surface area contributed by atoms with Gasteiger partial charge in [-0.1, -0.05) is 37.3 Å². The number of aliphatic hydroxyl groups is 1. The summed E-state index contributed by atoms with van der Waals surface area (Å²) in [5.41, 5.74) is -0.0107. The Bertz CT molecular complexity index is 656. The van der Waals surface area contributed by atoms with Crippen LogP contribution < -0.4 is 5.32 Å². The van der Waals surface area contributed by atoms with Crippen molar-refractivity contribution in [2.75, 3.05) is 0 Å². The zero-order chi connectivity index (χ0) is 17.9. The van der Waals surface area contributed by atoms with Gasteiger partial charge in [0.05, 0.1) is 18.1 Å². The van der Waals surface area contributed by atoms with E-state index >= 15 is 0 Å². The van der Waals surface area contributed by atoms with Gasteiger partial charge in [0.2, 0.25) is 5.91 Å². The molecule has 1 aromatic rings. The quantitative estimate of drug-likeness (QED) is 0.290.